The number of H-pyrrole nitrogens is 1. The summed E-state index contributed by atoms with van der Waals surface area (Å²) in [4.78, 5) is 13.7. The summed E-state index contributed by atoms with van der Waals surface area (Å²) in [6.07, 6.45) is 1.30. The topological polar surface area (TPSA) is 99.3 Å². The lowest BCUT2D eigenvalue weighted by Crippen LogP contribution is -2.45. The molecule has 6 nitrogen and oxygen atoms in total. The Morgan fingerprint density at radius 1 is 1.30 bits per heavy atom. The summed E-state index contributed by atoms with van der Waals surface area (Å²) >= 11 is 0. The number of hydrogen-bond donors (Lipinski definition) is 3. The van der Waals surface area contributed by atoms with Gasteiger partial charge in [-0.1, -0.05) is 13.8 Å². The molecule has 0 aliphatic carbocycles. The first-order chi connectivity index (χ1) is 9.08. The fourth-order valence-corrected chi connectivity index (χ4v) is 4.12. The maximum atomic E-state index is 12.5. The number of carbonyl (C=O) groups is 1. The van der Waals surface area contributed by atoms with Gasteiger partial charge in [0, 0.05) is 16.8 Å². The molecule has 1 heterocycles. The number of carboxylic acids is 1. The average molecular weight is 302 g/mol. The van der Waals surface area contributed by atoms with Crippen LogP contribution in [0.4, 0.5) is 0 Å². The third-order valence-electron chi connectivity index (χ3n) is 3.79. The fraction of sp³-hybridized carbons (Fsp3) is 0.615. The van der Waals surface area contributed by atoms with Crippen LogP contribution in [0.1, 0.15) is 55.4 Å². The van der Waals surface area contributed by atoms with Gasteiger partial charge in [-0.15, -0.1) is 0 Å². The number of aromatic carboxylic acids is 1. The van der Waals surface area contributed by atoms with E-state index in [2.05, 4.69) is 9.71 Å². The minimum Gasteiger partial charge on any atom is -0.477 e. The van der Waals surface area contributed by atoms with Gasteiger partial charge in [-0.3, -0.25) is 0 Å². The van der Waals surface area contributed by atoms with Gasteiger partial charge in [-0.25, -0.2) is 17.9 Å². The maximum Gasteiger partial charge on any atom is 0.352 e. The van der Waals surface area contributed by atoms with E-state index in [9.17, 15) is 13.2 Å². The zero-order valence-electron chi connectivity index (χ0n) is 12.5. The largest absolute Gasteiger partial charge is 0.477 e. The van der Waals surface area contributed by atoms with Crippen LogP contribution in [0.3, 0.4) is 0 Å². The molecular formula is C13H22N2O4S. The van der Waals surface area contributed by atoms with Crippen molar-refractivity contribution in [3.63, 3.8) is 0 Å². The molecule has 3 N–H and O–H groups in total. The molecule has 0 aliphatic rings. The molecular weight excluding hydrogens is 280 g/mol. The molecule has 0 saturated carbocycles. The molecule has 1 aromatic heterocycles. The highest BCUT2D eigenvalue weighted by atomic mass is 32.2. The van der Waals surface area contributed by atoms with Crippen molar-refractivity contribution in [1.29, 1.82) is 0 Å². The Labute approximate surface area is 119 Å². The quantitative estimate of drug-likeness (QED) is 0.750. The van der Waals surface area contributed by atoms with Gasteiger partial charge in [0.15, 0.2) is 0 Å². The summed E-state index contributed by atoms with van der Waals surface area (Å²) in [6.45, 7) is 8.71. The first kappa shape index (κ1) is 16.7. The predicted octanol–water partition coefficient (Wildman–Crippen LogP) is 2.19. The molecule has 7 heteroatoms. The van der Waals surface area contributed by atoms with Crippen molar-refractivity contribution in [3.05, 3.63) is 17.0 Å². The minimum atomic E-state index is -3.76. The second kappa shape index (κ2) is 5.57. The fourth-order valence-electron chi connectivity index (χ4n) is 2.12. The van der Waals surface area contributed by atoms with Gasteiger partial charge >= 0.3 is 5.97 Å². The Hall–Kier alpha value is -1.34. The lowest BCUT2D eigenvalue weighted by atomic mass is 9.98. The van der Waals surface area contributed by atoms with Crippen LogP contribution < -0.4 is 4.72 Å². The second-order valence-corrected chi connectivity index (χ2v) is 6.88. The summed E-state index contributed by atoms with van der Waals surface area (Å²) in [5.41, 5.74) is -0.0603. The number of sulfonamides is 1. The molecule has 0 radical (unpaired) electrons. The minimum absolute atomic E-state index is 0.0306. The van der Waals surface area contributed by atoms with Crippen LogP contribution in [0.2, 0.25) is 0 Å². The number of hydrogen-bond acceptors (Lipinski definition) is 3. The van der Waals surface area contributed by atoms with Gasteiger partial charge in [0.05, 0.1) is 0 Å². The number of rotatable bonds is 6. The molecule has 0 spiro atoms. The Balaban J connectivity index is 3.34. The summed E-state index contributed by atoms with van der Waals surface area (Å²) < 4.78 is 27.7. The molecule has 114 valence electrons. The van der Waals surface area contributed by atoms with E-state index in [-0.39, 0.29) is 16.2 Å². The van der Waals surface area contributed by atoms with Crippen molar-refractivity contribution in [3.8, 4) is 0 Å². The molecule has 0 aromatic carbocycles. The SMILES string of the molecule is CCC(C)(CC)NS(=O)(=O)c1c(C)[nH]c(C(=O)O)c1C. The van der Waals surface area contributed by atoms with Crippen LogP contribution >= 0.6 is 0 Å². The lowest BCUT2D eigenvalue weighted by molar-refractivity contribution is 0.0690. The maximum absolute atomic E-state index is 12.5. The van der Waals surface area contributed by atoms with Crippen LogP contribution in [0.15, 0.2) is 4.90 Å². The summed E-state index contributed by atoms with van der Waals surface area (Å²) in [5.74, 6) is -1.17. The number of aryl methyl sites for hydroxylation is 1. The van der Waals surface area contributed by atoms with Crippen LogP contribution in [0.25, 0.3) is 0 Å². The summed E-state index contributed by atoms with van der Waals surface area (Å²) in [6, 6.07) is 0. The van der Waals surface area contributed by atoms with Crippen molar-refractivity contribution >= 4 is 16.0 Å². The third kappa shape index (κ3) is 3.04. The smallest absolute Gasteiger partial charge is 0.352 e. The van der Waals surface area contributed by atoms with Crippen molar-refractivity contribution in [2.24, 2.45) is 0 Å². The van der Waals surface area contributed by atoms with Gasteiger partial charge in [0.1, 0.15) is 10.6 Å². The van der Waals surface area contributed by atoms with E-state index >= 15 is 0 Å². The molecule has 0 bridgehead atoms. The van der Waals surface area contributed by atoms with Crippen LogP contribution in [0, 0.1) is 13.8 Å². The summed E-state index contributed by atoms with van der Waals surface area (Å²) in [7, 11) is -3.76. The lowest BCUT2D eigenvalue weighted by Gasteiger charge is -2.28. The number of carboxylic acid groups (broad SMARTS) is 1. The Morgan fingerprint density at radius 2 is 1.80 bits per heavy atom. The van der Waals surface area contributed by atoms with Crippen LogP contribution in [-0.4, -0.2) is 30.0 Å². The van der Waals surface area contributed by atoms with E-state index in [1.54, 1.807) is 6.92 Å². The summed E-state index contributed by atoms with van der Waals surface area (Å²) in [5, 5.41) is 9.05. The van der Waals surface area contributed by atoms with Crippen molar-refractivity contribution in [1.82, 2.24) is 9.71 Å². The van der Waals surface area contributed by atoms with E-state index in [1.807, 2.05) is 20.8 Å². The first-order valence-electron chi connectivity index (χ1n) is 6.54. The number of aromatic nitrogens is 1. The zero-order chi connectivity index (χ0) is 15.7. The van der Waals surface area contributed by atoms with Gasteiger partial charge in [-0.05, 0) is 33.6 Å². The molecule has 20 heavy (non-hydrogen) atoms. The molecule has 0 fully saturated rings. The standard InChI is InChI=1S/C13H22N2O4S/c1-6-13(5,7-2)15-20(18,19)11-8(3)10(12(16)17)14-9(11)4/h14-15H,6-7H2,1-5H3,(H,16,17). The highest BCUT2D eigenvalue weighted by molar-refractivity contribution is 7.89. The van der Waals surface area contributed by atoms with E-state index in [4.69, 9.17) is 5.11 Å². The van der Waals surface area contributed by atoms with Gasteiger partial charge in [-0.2, -0.15) is 0 Å². The molecule has 1 aromatic rings. The number of aromatic amines is 1. The van der Waals surface area contributed by atoms with Crippen molar-refractivity contribution in [2.75, 3.05) is 0 Å². The van der Waals surface area contributed by atoms with Gasteiger partial charge < -0.3 is 10.1 Å². The van der Waals surface area contributed by atoms with Crippen molar-refractivity contribution < 1.29 is 18.3 Å². The molecule has 0 aliphatic heterocycles. The van der Waals surface area contributed by atoms with Gasteiger partial charge in [0.25, 0.3) is 0 Å². The predicted molar refractivity (Wildman–Crippen MR) is 76.5 cm³/mol. The van der Waals surface area contributed by atoms with Gasteiger partial charge in [0.2, 0.25) is 10.0 Å². The molecule has 0 amide bonds. The van der Waals surface area contributed by atoms with E-state index in [1.165, 1.54) is 6.92 Å². The van der Waals surface area contributed by atoms with Crippen LogP contribution in [0.5, 0.6) is 0 Å². The normalized spacial score (nSPS) is 12.7. The van der Waals surface area contributed by atoms with E-state index in [0.29, 0.717) is 18.5 Å². The molecule has 1 rings (SSSR count). The molecule has 0 unspecified atom stereocenters. The van der Waals surface area contributed by atoms with E-state index < -0.39 is 21.5 Å². The highest BCUT2D eigenvalue weighted by Gasteiger charge is 2.32. The zero-order valence-corrected chi connectivity index (χ0v) is 13.3. The number of nitrogens with one attached hydrogen (secondary N) is 2. The third-order valence-corrected chi connectivity index (χ3v) is 5.70. The Kier molecular flexibility index (Phi) is 4.66. The molecule has 0 saturated heterocycles. The Bertz CT molecular complexity index is 613. The van der Waals surface area contributed by atoms with Crippen molar-refractivity contribution in [2.45, 2.75) is 57.9 Å². The highest BCUT2D eigenvalue weighted by Crippen LogP contribution is 2.26. The molecule has 0 atom stereocenters. The van der Waals surface area contributed by atoms with E-state index in [0.717, 1.165) is 0 Å². The average Bonchev–Trinajstić information content (AvgIpc) is 2.64. The first-order valence-corrected chi connectivity index (χ1v) is 8.02. The second-order valence-electron chi connectivity index (χ2n) is 5.26. The Morgan fingerprint density at radius 3 is 2.15 bits per heavy atom. The monoisotopic (exact) mass is 302 g/mol. The van der Waals surface area contributed by atoms with Crippen LogP contribution in [-0.2, 0) is 10.0 Å².